The molecule has 0 bridgehead atoms. The van der Waals surface area contributed by atoms with Gasteiger partial charge in [-0.15, -0.1) is 0 Å². The fraction of sp³-hybridized carbons (Fsp3) is 0.500. The van der Waals surface area contributed by atoms with Crippen LogP contribution in [0.4, 0.5) is 4.39 Å². The number of nitrogens with one attached hydrogen (secondary N) is 1. The summed E-state index contributed by atoms with van der Waals surface area (Å²) >= 11 is 3.31. The molecule has 0 unspecified atom stereocenters. The molecule has 0 spiro atoms. The van der Waals surface area contributed by atoms with Crippen molar-refractivity contribution in [3.63, 3.8) is 0 Å². The molecule has 0 radical (unpaired) electrons. The molecule has 3 nitrogen and oxygen atoms in total. The fourth-order valence-electron chi connectivity index (χ4n) is 2.45. The molecule has 1 aromatic rings. The van der Waals surface area contributed by atoms with E-state index in [1.807, 2.05) is 0 Å². The summed E-state index contributed by atoms with van der Waals surface area (Å²) < 4.78 is 14.3. The first-order chi connectivity index (χ1) is 9.01. The number of benzene rings is 1. The van der Waals surface area contributed by atoms with Crippen LogP contribution in [0.1, 0.15) is 31.2 Å². The lowest BCUT2D eigenvalue weighted by atomic mass is 9.98. The van der Waals surface area contributed by atoms with E-state index in [4.69, 9.17) is 5.73 Å². The van der Waals surface area contributed by atoms with Crippen molar-refractivity contribution in [3.8, 4) is 0 Å². The van der Waals surface area contributed by atoms with Crippen molar-refractivity contribution in [2.24, 2.45) is 5.73 Å². The molecule has 5 heteroatoms. The standard InChI is InChI=1S/C14H18BrFN2O/c15-11-3-4-12(16)10(9-11)5-8-18-13(19)14(17)6-1-2-7-14/h3-4,9H,1-2,5-8,17H2,(H,18,19). The van der Waals surface area contributed by atoms with Gasteiger partial charge in [0.1, 0.15) is 5.82 Å². The number of halogens is 2. The Hall–Kier alpha value is -0.940. The Morgan fingerprint density at radius 1 is 1.42 bits per heavy atom. The van der Waals surface area contributed by atoms with Crippen LogP contribution in [0.5, 0.6) is 0 Å². The van der Waals surface area contributed by atoms with Crippen LogP contribution in [0.25, 0.3) is 0 Å². The van der Waals surface area contributed by atoms with Gasteiger partial charge >= 0.3 is 0 Å². The Bertz CT molecular complexity index is 473. The number of carbonyl (C=O) groups is 1. The number of nitrogens with two attached hydrogens (primary N) is 1. The molecule has 19 heavy (non-hydrogen) atoms. The molecule has 1 amide bonds. The lowest BCUT2D eigenvalue weighted by molar-refractivity contribution is -0.126. The van der Waals surface area contributed by atoms with Crippen molar-refractivity contribution >= 4 is 21.8 Å². The largest absolute Gasteiger partial charge is 0.354 e. The zero-order chi connectivity index (χ0) is 13.9. The molecule has 104 valence electrons. The lowest BCUT2D eigenvalue weighted by Crippen LogP contribution is -2.52. The average Bonchev–Trinajstić information content (AvgIpc) is 2.82. The molecule has 0 saturated heterocycles. The maximum atomic E-state index is 13.5. The van der Waals surface area contributed by atoms with Gasteiger partial charge in [0.25, 0.3) is 0 Å². The summed E-state index contributed by atoms with van der Waals surface area (Å²) in [6.45, 7) is 0.408. The second kappa shape index (κ2) is 6.01. The predicted octanol–water partition coefficient (Wildman–Crippen LogP) is 2.52. The number of rotatable bonds is 4. The first-order valence-electron chi connectivity index (χ1n) is 6.52. The summed E-state index contributed by atoms with van der Waals surface area (Å²) in [5, 5.41) is 2.81. The topological polar surface area (TPSA) is 55.1 Å². The fourth-order valence-corrected chi connectivity index (χ4v) is 2.86. The maximum Gasteiger partial charge on any atom is 0.240 e. The van der Waals surface area contributed by atoms with Gasteiger partial charge in [-0.2, -0.15) is 0 Å². The minimum absolute atomic E-state index is 0.111. The third-order valence-corrected chi connectivity index (χ3v) is 4.13. The highest BCUT2D eigenvalue weighted by atomic mass is 79.9. The van der Waals surface area contributed by atoms with Crippen molar-refractivity contribution in [2.45, 2.75) is 37.6 Å². The van der Waals surface area contributed by atoms with Crippen molar-refractivity contribution in [1.29, 1.82) is 0 Å². The van der Waals surface area contributed by atoms with Gasteiger partial charge in [0.15, 0.2) is 0 Å². The molecule has 1 aromatic carbocycles. The van der Waals surface area contributed by atoms with Crippen LogP contribution < -0.4 is 11.1 Å². The Morgan fingerprint density at radius 3 is 2.79 bits per heavy atom. The number of carbonyl (C=O) groups excluding carboxylic acids is 1. The van der Waals surface area contributed by atoms with Crippen molar-refractivity contribution in [2.75, 3.05) is 6.54 Å². The van der Waals surface area contributed by atoms with Crippen LogP contribution in [-0.4, -0.2) is 18.0 Å². The third-order valence-electron chi connectivity index (χ3n) is 3.64. The van der Waals surface area contributed by atoms with Crippen LogP contribution in [0.2, 0.25) is 0 Å². The number of hydrogen-bond donors (Lipinski definition) is 2. The second-order valence-electron chi connectivity index (χ2n) is 5.10. The molecule has 0 atom stereocenters. The van der Waals surface area contributed by atoms with Gasteiger partial charge in [0, 0.05) is 11.0 Å². The van der Waals surface area contributed by atoms with Crippen molar-refractivity contribution < 1.29 is 9.18 Å². The molecule has 1 fully saturated rings. The minimum Gasteiger partial charge on any atom is -0.354 e. The Balaban J connectivity index is 1.86. The molecule has 1 saturated carbocycles. The van der Waals surface area contributed by atoms with Crippen LogP contribution >= 0.6 is 15.9 Å². The van der Waals surface area contributed by atoms with Gasteiger partial charge < -0.3 is 11.1 Å². The SMILES string of the molecule is NC1(C(=O)NCCc2cc(Br)ccc2F)CCCC1. The number of hydrogen-bond acceptors (Lipinski definition) is 2. The lowest BCUT2D eigenvalue weighted by Gasteiger charge is -2.22. The highest BCUT2D eigenvalue weighted by Gasteiger charge is 2.36. The molecule has 1 aliphatic rings. The van der Waals surface area contributed by atoms with E-state index in [1.54, 1.807) is 12.1 Å². The third kappa shape index (κ3) is 3.54. The van der Waals surface area contributed by atoms with E-state index >= 15 is 0 Å². The molecule has 1 aliphatic carbocycles. The smallest absolute Gasteiger partial charge is 0.240 e. The van der Waals surface area contributed by atoms with Gasteiger partial charge in [-0.3, -0.25) is 4.79 Å². The number of amides is 1. The first-order valence-corrected chi connectivity index (χ1v) is 7.32. The summed E-state index contributed by atoms with van der Waals surface area (Å²) in [6, 6.07) is 4.81. The van der Waals surface area contributed by atoms with Crippen LogP contribution in [-0.2, 0) is 11.2 Å². The quantitative estimate of drug-likeness (QED) is 0.892. The molecule has 3 N–H and O–H groups in total. The average molecular weight is 329 g/mol. The zero-order valence-corrected chi connectivity index (χ0v) is 12.3. The van der Waals surface area contributed by atoms with Gasteiger partial charge in [0.05, 0.1) is 5.54 Å². The predicted molar refractivity (Wildman–Crippen MR) is 76.2 cm³/mol. The van der Waals surface area contributed by atoms with Gasteiger partial charge in [-0.25, -0.2) is 4.39 Å². The molecule has 0 aliphatic heterocycles. The summed E-state index contributed by atoms with van der Waals surface area (Å²) in [4.78, 5) is 12.0. The summed E-state index contributed by atoms with van der Waals surface area (Å²) in [7, 11) is 0. The zero-order valence-electron chi connectivity index (χ0n) is 10.7. The summed E-state index contributed by atoms with van der Waals surface area (Å²) in [5.74, 6) is -0.360. The molecule has 0 heterocycles. The van der Waals surface area contributed by atoms with E-state index in [9.17, 15) is 9.18 Å². The second-order valence-corrected chi connectivity index (χ2v) is 6.02. The van der Waals surface area contributed by atoms with Crippen LogP contribution in [0, 0.1) is 5.82 Å². The Morgan fingerprint density at radius 2 is 2.11 bits per heavy atom. The molecule has 0 aromatic heterocycles. The Kier molecular flexibility index (Phi) is 4.58. The summed E-state index contributed by atoms with van der Waals surface area (Å²) in [6.07, 6.45) is 3.95. The van der Waals surface area contributed by atoms with Crippen LogP contribution in [0.15, 0.2) is 22.7 Å². The van der Waals surface area contributed by atoms with Gasteiger partial charge in [0.2, 0.25) is 5.91 Å². The first kappa shape index (κ1) is 14.5. The molecular formula is C14H18BrFN2O. The van der Waals surface area contributed by atoms with E-state index in [2.05, 4.69) is 21.2 Å². The van der Waals surface area contributed by atoms with Crippen molar-refractivity contribution in [3.05, 3.63) is 34.1 Å². The van der Waals surface area contributed by atoms with Gasteiger partial charge in [-0.05, 0) is 43.0 Å². The van der Waals surface area contributed by atoms with E-state index in [0.717, 1.165) is 30.2 Å². The highest BCUT2D eigenvalue weighted by molar-refractivity contribution is 9.10. The normalized spacial score (nSPS) is 17.4. The highest BCUT2D eigenvalue weighted by Crippen LogP contribution is 2.27. The minimum atomic E-state index is -0.712. The Labute approximate surface area is 120 Å². The van der Waals surface area contributed by atoms with E-state index < -0.39 is 5.54 Å². The van der Waals surface area contributed by atoms with E-state index in [1.165, 1.54) is 6.07 Å². The monoisotopic (exact) mass is 328 g/mol. The molecule has 2 rings (SSSR count). The van der Waals surface area contributed by atoms with Gasteiger partial charge in [-0.1, -0.05) is 28.8 Å². The maximum absolute atomic E-state index is 13.5. The van der Waals surface area contributed by atoms with E-state index in [0.29, 0.717) is 18.5 Å². The van der Waals surface area contributed by atoms with Crippen molar-refractivity contribution in [1.82, 2.24) is 5.32 Å². The van der Waals surface area contributed by atoms with E-state index in [-0.39, 0.29) is 11.7 Å². The summed E-state index contributed by atoms with van der Waals surface area (Å²) in [5.41, 5.74) is 5.92. The van der Waals surface area contributed by atoms with Crippen LogP contribution in [0.3, 0.4) is 0 Å². The molecular weight excluding hydrogens is 311 g/mol.